The molecule has 2 heterocycles. The smallest absolute Gasteiger partial charge is 0.180 e. The Morgan fingerprint density at radius 2 is 2.25 bits per heavy atom. The summed E-state index contributed by atoms with van der Waals surface area (Å²) in [6, 6.07) is 10.9. The van der Waals surface area contributed by atoms with E-state index in [-0.39, 0.29) is 6.73 Å². The lowest BCUT2D eigenvalue weighted by Crippen LogP contribution is -2.27. The van der Waals surface area contributed by atoms with Gasteiger partial charge in [-0.25, -0.2) is 4.68 Å². The van der Waals surface area contributed by atoms with Gasteiger partial charge in [0.25, 0.3) is 0 Å². The number of nitrogens with zero attached hydrogens (tertiary/aromatic N) is 2. The van der Waals surface area contributed by atoms with Crippen molar-refractivity contribution in [2.45, 2.75) is 13.3 Å². The summed E-state index contributed by atoms with van der Waals surface area (Å²) in [7, 11) is 0. The third-order valence-electron chi connectivity index (χ3n) is 3.05. The number of thiocarbonyl (C=S) groups is 1. The number of benzene rings is 1. The molecule has 6 nitrogen and oxygen atoms in total. The van der Waals surface area contributed by atoms with Crippen LogP contribution in [-0.4, -0.2) is 14.9 Å². The summed E-state index contributed by atoms with van der Waals surface area (Å²) in [6.07, 6.45) is 5.09. The van der Waals surface area contributed by atoms with Crippen molar-refractivity contribution in [1.82, 2.24) is 15.1 Å². The van der Waals surface area contributed by atoms with Gasteiger partial charge in [0.2, 0.25) is 0 Å². The van der Waals surface area contributed by atoms with Crippen LogP contribution in [0.1, 0.15) is 5.76 Å². The van der Waals surface area contributed by atoms with Crippen molar-refractivity contribution in [3.8, 4) is 5.75 Å². The molecule has 1 aromatic carbocycles. The lowest BCUT2D eigenvalue weighted by atomic mass is 10.3. The third-order valence-corrected chi connectivity index (χ3v) is 3.54. The standard InChI is InChI=1S/C16H15ClN4O2S/c17-12-3-1-4-14(7-12)23-11-21-10-13(8-19-21)20-16(24)18-9-15-5-2-6-22-15/h1-8,10H,9,11H2,(H2,18,20,24). The number of furan rings is 1. The molecule has 0 atom stereocenters. The van der Waals surface area contributed by atoms with E-state index >= 15 is 0 Å². The van der Waals surface area contributed by atoms with Crippen LogP contribution in [0.5, 0.6) is 5.75 Å². The summed E-state index contributed by atoms with van der Waals surface area (Å²) in [4.78, 5) is 0. The molecule has 0 saturated carbocycles. The fraction of sp³-hybridized carbons (Fsp3) is 0.125. The highest BCUT2D eigenvalue weighted by Gasteiger charge is 2.03. The maximum Gasteiger partial charge on any atom is 0.180 e. The highest BCUT2D eigenvalue weighted by molar-refractivity contribution is 7.80. The van der Waals surface area contributed by atoms with Crippen LogP contribution < -0.4 is 15.4 Å². The first-order chi connectivity index (χ1) is 11.7. The summed E-state index contributed by atoms with van der Waals surface area (Å²) < 4.78 is 12.5. The largest absolute Gasteiger partial charge is 0.471 e. The topological polar surface area (TPSA) is 64.2 Å². The molecule has 0 radical (unpaired) electrons. The number of hydrogen-bond donors (Lipinski definition) is 2. The molecule has 24 heavy (non-hydrogen) atoms. The van der Waals surface area contributed by atoms with Crippen molar-refractivity contribution >= 4 is 34.6 Å². The highest BCUT2D eigenvalue weighted by Crippen LogP contribution is 2.17. The number of ether oxygens (including phenoxy) is 1. The molecule has 0 aliphatic rings. The summed E-state index contributed by atoms with van der Waals surface area (Å²) in [5.41, 5.74) is 0.765. The van der Waals surface area contributed by atoms with Gasteiger partial charge in [-0.3, -0.25) is 0 Å². The molecule has 3 aromatic rings. The number of hydrogen-bond acceptors (Lipinski definition) is 4. The van der Waals surface area contributed by atoms with Crippen LogP contribution in [0.4, 0.5) is 5.69 Å². The number of halogens is 1. The highest BCUT2D eigenvalue weighted by atomic mass is 35.5. The first kappa shape index (κ1) is 16.4. The van der Waals surface area contributed by atoms with Gasteiger partial charge in [0, 0.05) is 5.02 Å². The fourth-order valence-corrected chi connectivity index (χ4v) is 2.32. The normalized spacial score (nSPS) is 10.4. The lowest BCUT2D eigenvalue weighted by Gasteiger charge is -2.07. The average molecular weight is 363 g/mol. The molecule has 2 N–H and O–H groups in total. The second-order valence-corrected chi connectivity index (χ2v) is 5.73. The predicted molar refractivity (Wildman–Crippen MR) is 96.1 cm³/mol. The predicted octanol–water partition coefficient (Wildman–Crippen LogP) is 3.65. The van der Waals surface area contributed by atoms with Gasteiger partial charge >= 0.3 is 0 Å². The van der Waals surface area contributed by atoms with Crippen LogP contribution in [0.3, 0.4) is 0 Å². The van der Waals surface area contributed by atoms with Gasteiger partial charge < -0.3 is 19.8 Å². The Morgan fingerprint density at radius 1 is 1.33 bits per heavy atom. The minimum Gasteiger partial charge on any atom is -0.471 e. The molecule has 0 aliphatic heterocycles. The summed E-state index contributed by atoms with van der Waals surface area (Å²) in [5, 5.41) is 11.4. The second kappa shape index (κ2) is 7.85. The Labute approximate surface area is 149 Å². The van der Waals surface area contributed by atoms with Gasteiger partial charge in [-0.1, -0.05) is 17.7 Å². The molecule has 0 bridgehead atoms. The van der Waals surface area contributed by atoms with E-state index < -0.39 is 0 Å². The van der Waals surface area contributed by atoms with E-state index in [0.29, 0.717) is 22.4 Å². The van der Waals surface area contributed by atoms with E-state index in [9.17, 15) is 0 Å². The zero-order valence-corrected chi connectivity index (χ0v) is 14.2. The van der Waals surface area contributed by atoms with Gasteiger partial charge in [0.15, 0.2) is 11.8 Å². The Hall–Kier alpha value is -2.51. The van der Waals surface area contributed by atoms with Crippen LogP contribution >= 0.6 is 23.8 Å². The third kappa shape index (κ3) is 4.74. The second-order valence-electron chi connectivity index (χ2n) is 4.89. The molecule has 0 spiro atoms. The molecular weight excluding hydrogens is 348 g/mol. The maximum atomic E-state index is 5.91. The Kier molecular flexibility index (Phi) is 5.35. The van der Waals surface area contributed by atoms with E-state index in [1.165, 1.54) is 0 Å². The van der Waals surface area contributed by atoms with Crippen LogP contribution in [-0.2, 0) is 13.3 Å². The van der Waals surface area contributed by atoms with Gasteiger partial charge in [-0.15, -0.1) is 0 Å². The van der Waals surface area contributed by atoms with E-state index in [0.717, 1.165) is 11.4 Å². The summed E-state index contributed by atoms with van der Waals surface area (Å²) >= 11 is 11.1. The van der Waals surface area contributed by atoms with Gasteiger partial charge in [0.05, 0.1) is 30.9 Å². The fourth-order valence-electron chi connectivity index (χ4n) is 1.95. The molecular formula is C16H15ClN4O2S. The van der Waals surface area contributed by atoms with Gasteiger partial charge in [0.1, 0.15) is 11.5 Å². The van der Waals surface area contributed by atoms with E-state index in [1.54, 1.807) is 35.5 Å². The van der Waals surface area contributed by atoms with E-state index in [4.69, 9.17) is 33.0 Å². The van der Waals surface area contributed by atoms with Crippen molar-refractivity contribution in [1.29, 1.82) is 0 Å². The van der Waals surface area contributed by atoms with Crippen molar-refractivity contribution in [2.75, 3.05) is 5.32 Å². The van der Waals surface area contributed by atoms with Crippen molar-refractivity contribution in [3.05, 3.63) is 65.8 Å². The van der Waals surface area contributed by atoms with Crippen molar-refractivity contribution in [3.63, 3.8) is 0 Å². The van der Waals surface area contributed by atoms with E-state index in [2.05, 4.69) is 15.7 Å². The molecule has 0 unspecified atom stereocenters. The molecule has 2 aromatic heterocycles. The van der Waals surface area contributed by atoms with Crippen LogP contribution in [0, 0.1) is 0 Å². The minimum absolute atomic E-state index is 0.272. The number of anilines is 1. The molecule has 0 amide bonds. The van der Waals surface area contributed by atoms with Crippen molar-refractivity contribution in [2.24, 2.45) is 0 Å². The number of nitrogens with one attached hydrogen (secondary N) is 2. The molecule has 8 heteroatoms. The zero-order valence-electron chi connectivity index (χ0n) is 12.6. The van der Waals surface area contributed by atoms with Crippen LogP contribution in [0.15, 0.2) is 59.5 Å². The Balaban J connectivity index is 1.47. The van der Waals surface area contributed by atoms with E-state index in [1.807, 2.05) is 24.3 Å². The molecule has 3 rings (SSSR count). The Morgan fingerprint density at radius 3 is 3.04 bits per heavy atom. The number of rotatable bonds is 6. The SMILES string of the molecule is S=C(NCc1ccco1)Nc1cnn(COc2cccc(Cl)c2)c1. The summed E-state index contributed by atoms with van der Waals surface area (Å²) in [5.74, 6) is 1.49. The zero-order chi connectivity index (χ0) is 16.8. The Bertz CT molecular complexity index is 804. The van der Waals surface area contributed by atoms with Crippen molar-refractivity contribution < 1.29 is 9.15 Å². The molecule has 0 fully saturated rings. The maximum absolute atomic E-state index is 5.91. The van der Waals surface area contributed by atoms with Crippen LogP contribution in [0.25, 0.3) is 0 Å². The number of aromatic nitrogens is 2. The van der Waals surface area contributed by atoms with Gasteiger partial charge in [-0.2, -0.15) is 5.10 Å². The van der Waals surface area contributed by atoms with Crippen LogP contribution in [0.2, 0.25) is 5.02 Å². The average Bonchev–Trinajstić information content (AvgIpc) is 3.23. The summed E-state index contributed by atoms with van der Waals surface area (Å²) in [6.45, 7) is 0.791. The molecule has 124 valence electrons. The quantitative estimate of drug-likeness (QED) is 0.652. The minimum atomic E-state index is 0.272. The molecule has 0 saturated heterocycles. The molecule has 0 aliphatic carbocycles. The lowest BCUT2D eigenvalue weighted by molar-refractivity contribution is 0.221. The monoisotopic (exact) mass is 362 g/mol. The first-order valence-electron chi connectivity index (χ1n) is 7.17. The van der Waals surface area contributed by atoms with Gasteiger partial charge in [-0.05, 0) is 42.5 Å². The first-order valence-corrected chi connectivity index (χ1v) is 7.96.